The predicted octanol–water partition coefficient (Wildman–Crippen LogP) is 2.06. The number of rotatable bonds is 5. The molecule has 0 spiro atoms. The lowest BCUT2D eigenvalue weighted by atomic mass is 10.3. The van der Waals surface area contributed by atoms with Crippen LogP contribution in [0, 0.1) is 5.82 Å². The number of amides is 2. The first-order valence-electron chi connectivity index (χ1n) is 6.85. The molecule has 0 radical (unpaired) electrons. The molecule has 1 aromatic heterocycles. The number of aromatic nitrogens is 3. The molecule has 0 atom stereocenters. The van der Waals surface area contributed by atoms with Crippen LogP contribution in [0.1, 0.15) is 5.82 Å². The number of benzene rings is 1. The van der Waals surface area contributed by atoms with Gasteiger partial charge >= 0.3 is 12.0 Å². The molecule has 0 aliphatic carbocycles. The summed E-state index contributed by atoms with van der Waals surface area (Å²) in [5, 5.41) is 5.04. The van der Waals surface area contributed by atoms with Gasteiger partial charge in [0.15, 0.2) is 5.82 Å². The van der Waals surface area contributed by atoms with E-state index in [2.05, 4.69) is 25.6 Å². The Bertz CT molecular complexity index is 743. The molecular weight excluding hydrogens is 339 g/mol. The number of nitrogens with zero attached hydrogens (tertiary/aromatic N) is 4. The zero-order chi connectivity index (χ0) is 17.7. The van der Waals surface area contributed by atoms with Crippen molar-refractivity contribution in [3.05, 3.63) is 34.9 Å². The molecule has 1 aromatic carbocycles. The third-order valence-electron chi connectivity index (χ3n) is 2.82. The van der Waals surface area contributed by atoms with Crippen LogP contribution in [0.2, 0.25) is 5.02 Å². The maximum atomic E-state index is 13.1. The van der Waals surface area contributed by atoms with E-state index in [-0.39, 0.29) is 17.6 Å². The van der Waals surface area contributed by atoms with Gasteiger partial charge in [0.1, 0.15) is 5.82 Å². The number of carbonyl (C=O) groups excluding carboxylic acids is 1. The van der Waals surface area contributed by atoms with Crippen LogP contribution >= 0.6 is 11.6 Å². The second-order valence-corrected chi connectivity index (χ2v) is 5.28. The number of hydrogen-bond acceptors (Lipinski definition) is 6. The summed E-state index contributed by atoms with van der Waals surface area (Å²) < 4.78 is 18.1. The van der Waals surface area contributed by atoms with Gasteiger partial charge in [-0.1, -0.05) is 11.6 Å². The van der Waals surface area contributed by atoms with Crippen molar-refractivity contribution in [2.45, 2.75) is 6.54 Å². The van der Waals surface area contributed by atoms with E-state index in [1.54, 1.807) is 19.0 Å². The Kier molecular flexibility index (Phi) is 5.69. The highest BCUT2D eigenvalue weighted by Crippen LogP contribution is 2.19. The van der Waals surface area contributed by atoms with Gasteiger partial charge in [-0.05, 0) is 18.2 Å². The molecule has 10 heteroatoms. The largest absolute Gasteiger partial charge is 0.467 e. The highest BCUT2D eigenvalue weighted by molar-refractivity contribution is 6.31. The lowest BCUT2D eigenvalue weighted by molar-refractivity contribution is 0.251. The molecule has 1 heterocycles. The van der Waals surface area contributed by atoms with E-state index in [1.165, 1.54) is 19.2 Å². The van der Waals surface area contributed by atoms with Gasteiger partial charge in [-0.15, -0.1) is 0 Å². The molecule has 0 saturated heterocycles. The molecule has 0 aliphatic rings. The fourth-order valence-electron chi connectivity index (χ4n) is 1.67. The molecule has 0 bridgehead atoms. The highest BCUT2D eigenvalue weighted by Gasteiger charge is 2.10. The Morgan fingerprint density at radius 3 is 2.71 bits per heavy atom. The first-order valence-corrected chi connectivity index (χ1v) is 7.23. The molecule has 2 N–H and O–H groups in total. The van der Waals surface area contributed by atoms with Crippen molar-refractivity contribution in [1.29, 1.82) is 0 Å². The van der Waals surface area contributed by atoms with Crippen LogP contribution in [0.15, 0.2) is 18.2 Å². The molecule has 2 rings (SSSR count). The number of urea groups is 1. The number of nitrogens with one attached hydrogen (secondary N) is 2. The normalized spacial score (nSPS) is 10.2. The molecule has 2 aromatic rings. The predicted molar refractivity (Wildman–Crippen MR) is 88.0 cm³/mol. The maximum Gasteiger partial charge on any atom is 0.321 e. The van der Waals surface area contributed by atoms with E-state index in [0.29, 0.717) is 17.5 Å². The van der Waals surface area contributed by atoms with Crippen molar-refractivity contribution >= 4 is 29.3 Å². The van der Waals surface area contributed by atoms with Gasteiger partial charge in [-0.25, -0.2) is 9.18 Å². The van der Waals surface area contributed by atoms with E-state index < -0.39 is 11.8 Å². The lowest BCUT2D eigenvalue weighted by Crippen LogP contribution is -2.29. The molecule has 128 valence electrons. The minimum absolute atomic E-state index is 0.0560. The van der Waals surface area contributed by atoms with Gasteiger partial charge in [0.25, 0.3) is 0 Å². The average molecular weight is 355 g/mol. The zero-order valence-electron chi connectivity index (χ0n) is 13.3. The number of methoxy groups -OCH3 is 1. The van der Waals surface area contributed by atoms with E-state index in [1.807, 2.05) is 0 Å². The minimum Gasteiger partial charge on any atom is -0.467 e. The average Bonchev–Trinajstić information content (AvgIpc) is 2.56. The van der Waals surface area contributed by atoms with Crippen LogP contribution in [0.3, 0.4) is 0 Å². The number of halogens is 2. The Morgan fingerprint density at radius 1 is 1.33 bits per heavy atom. The van der Waals surface area contributed by atoms with Crippen molar-refractivity contribution in [3.63, 3.8) is 0 Å². The third-order valence-corrected chi connectivity index (χ3v) is 3.11. The topological polar surface area (TPSA) is 92.3 Å². The molecule has 0 aliphatic heterocycles. The Hall–Kier alpha value is -2.68. The molecule has 8 nitrogen and oxygen atoms in total. The molecule has 0 fully saturated rings. The Morgan fingerprint density at radius 2 is 2.08 bits per heavy atom. The Labute approximate surface area is 143 Å². The van der Waals surface area contributed by atoms with Crippen LogP contribution < -0.4 is 20.3 Å². The second kappa shape index (κ2) is 7.73. The zero-order valence-corrected chi connectivity index (χ0v) is 14.1. The summed E-state index contributed by atoms with van der Waals surface area (Å²) in [6.45, 7) is 0.0560. The van der Waals surface area contributed by atoms with Gasteiger partial charge in [0.05, 0.1) is 18.7 Å². The molecule has 24 heavy (non-hydrogen) atoms. The molecular formula is C14H16ClFN6O2. The van der Waals surface area contributed by atoms with Crippen LogP contribution in [-0.4, -0.2) is 42.2 Å². The van der Waals surface area contributed by atoms with Crippen molar-refractivity contribution in [1.82, 2.24) is 20.3 Å². The van der Waals surface area contributed by atoms with Gasteiger partial charge < -0.3 is 20.3 Å². The quantitative estimate of drug-likeness (QED) is 0.853. The first kappa shape index (κ1) is 17.7. The van der Waals surface area contributed by atoms with E-state index in [9.17, 15) is 9.18 Å². The number of ether oxygens (including phenoxy) is 1. The van der Waals surface area contributed by atoms with Crippen molar-refractivity contribution in [2.24, 2.45) is 0 Å². The molecule has 0 unspecified atom stereocenters. The summed E-state index contributed by atoms with van der Waals surface area (Å²) in [6, 6.07) is 3.52. The van der Waals surface area contributed by atoms with E-state index in [4.69, 9.17) is 16.3 Å². The van der Waals surface area contributed by atoms with Crippen LogP contribution in [0.4, 0.5) is 20.8 Å². The van der Waals surface area contributed by atoms with Gasteiger partial charge in [-0.2, -0.15) is 15.0 Å². The first-order chi connectivity index (χ1) is 11.4. The number of hydrogen-bond donors (Lipinski definition) is 2. The number of carbonyl (C=O) groups is 1. The van der Waals surface area contributed by atoms with E-state index in [0.717, 1.165) is 6.07 Å². The summed E-state index contributed by atoms with van der Waals surface area (Å²) >= 11 is 5.66. The second-order valence-electron chi connectivity index (χ2n) is 4.87. The van der Waals surface area contributed by atoms with Crippen molar-refractivity contribution < 1.29 is 13.9 Å². The highest BCUT2D eigenvalue weighted by atomic mass is 35.5. The van der Waals surface area contributed by atoms with Crippen LogP contribution in [0.5, 0.6) is 6.01 Å². The fourth-order valence-corrected chi connectivity index (χ4v) is 1.85. The SMILES string of the molecule is COc1nc(CNC(=O)Nc2ccc(F)c(Cl)c2)nc(N(C)C)n1. The Balaban J connectivity index is 2.00. The van der Waals surface area contributed by atoms with Crippen LogP contribution in [-0.2, 0) is 6.54 Å². The summed E-state index contributed by atoms with van der Waals surface area (Å²) in [6.07, 6.45) is 0. The minimum atomic E-state index is -0.559. The van der Waals surface area contributed by atoms with Gasteiger partial charge in [0, 0.05) is 19.8 Å². The standard InChI is InChI=1S/C14H16ClFN6O2/c1-22(2)12-19-11(20-14(21-12)24-3)7-17-13(23)18-8-4-5-10(16)9(15)6-8/h4-6H,7H2,1-3H3,(H2,17,18,23). The number of anilines is 2. The summed E-state index contributed by atoms with van der Waals surface area (Å²) in [5.74, 6) is 0.179. The van der Waals surface area contributed by atoms with Gasteiger partial charge in [-0.3, -0.25) is 0 Å². The smallest absolute Gasteiger partial charge is 0.321 e. The fraction of sp³-hybridized carbons (Fsp3) is 0.286. The summed E-state index contributed by atoms with van der Waals surface area (Å²) in [7, 11) is 4.99. The molecule has 2 amide bonds. The molecule has 0 saturated carbocycles. The third kappa shape index (κ3) is 4.66. The monoisotopic (exact) mass is 354 g/mol. The summed E-state index contributed by atoms with van der Waals surface area (Å²) in [4.78, 5) is 25.9. The lowest BCUT2D eigenvalue weighted by Gasteiger charge is -2.12. The maximum absolute atomic E-state index is 13.1. The summed E-state index contributed by atoms with van der Waals surface area (Å²) in [5.41, 5.74) is 0.362. The van der Waals surface area contributed by atoms with Crippen LogP contribution in [0.25, 0.3) is 0 Å². The van der Waals surface area contributed by atoms with Crippen molar-refractivity contribution in [3.8, 4) is 6.01 Å². The van der Waals surface area contributed by atoms with E-state index >= 15 is 0 Å². The van der Waals surface area contributed by atoms with Gasteiger partial charge in [0.2, 0.25) is 5.95 Å². The van der Waals surface area contributed by atoms with Crippen molar-refractivity contribution in [2.75, 3.05) is 31.4 Å².